The molecule has 44 heavy (non-hydrogen) atoms. The first-order chi connectivity index (χ1) is 21.7. The van der Waals surface area contributed by atoms with Gasteiger partial charge in [-0.2, -0.15) is 0 Å². The minimum atomic E-state index is -0.412. The zero-order valence-corrected chi connectivity index (χ0v) is 26.6. The van der Waals surface area contributed by atoms with Crippen molar-refractivity contribution in [3.63, 3.8) is 0 Å². The number of carbonyl (C=O) groups excluding carboxylic acids is 1. The molecule has 0 bridgehead atoms. The predicted molar refractivity (Wildman–Crippen MR) is 179 cm³/mol. The van der Waals surface area contributed by atoms with E-state index in [1.54, 1.807) is 24.3 Å². The fourth-order valence-electron chi connectivity index (χ4n) is 5.25. The number of nitrogens with zero attached hydrogens (tertiary/aromatic N) is 4. The average Bonchev–Trinajstić information content (AvgIpc) is 3.07. The molecule has 0 fully saturated rings. The molecule has 2 aromatic carbocycles. The van der Waals surface area contributed by atoms with E-state index >= 15 is 0 Å². The minimum absolute atomic E-state index is 0.412. The van der Waals surface area contributed by atoms with Crippen molar-refractivity contribution in [2.45, 2.75) is 110 Å². The number of aryl methyl sites for hydroxylation is 2. The van der Waals surface area contributed by atoms with Crippen LogP contribution < -0.4 is 4.74 Å². The van der Waals surface area contributed by atoms with E-state index in [-0.39, 0.29) is 0 Å². The molecule has 232 valence electrons. The van der Waals surface area contributed by atoms with Crippen molar-refractivity contribution in [2.75, 3.05) is 0 Å². The molecule has 0 atom stereocenters. The number of rotatable bonds is 19. The van der Waals surface area contributed by atoms with Crippen LogP contribution in [0.2, 0.25) is 0 Å². The SMILES string of the molecule is CCCCCCCCCc1cnc(-c2ccc(OC(=O)c3ccc(-c4ncc(CCCCCCCC)cn4)cc3)cc2)nc1. The van der Waals surface area contributed by atoms with E-state index in [1.807, 2.05) is 49.1 Å². The number of ether oxygens (including phenoxy) is 1. The molecule has 2 aromatic heterocycles. The molecular formula is C38H48N4O2. The Balaban J connectivity index is 1.22. The van der Waals surface area contributed by atoms with Crippen molar-refractivity contribution in [3.05, 3.63) is 90.0 Å². The van der Waals surface area contributed by atoms with Crippen LogP contribution in [0.5, 0.6) is 5.75 Å². The minimum Gasteiger partial charge on any atom is -0.423 e. The molecule has 0 unspecified atom stereocenters. The van der Waals surface area contributed by atoms with Crippen LogP contribution in [0.1, 0.15) is 119 Å². The fourth-order valence-corrected chi connectivity index (χ4v) is 5.25. The summed E-state index contributed by atoms with van der Waals surface area (Å²) in [6.45, 7) is 4.49. The lowest BCUT2D eigenvalue weighted by atomic mass is 10.1. The zero-order chi connectivity index (χ0) is 30.8. The maximum Gasteiger partial charge on any atom is 0.343 e. The van der Waals surface area contributed by atoms with Gasteiger partial charge in [0.05, 0.1) is 5.56 Å². The van der Waals surface area contributed by atoms with Gasteiger partial charge < -0.3 is 4.74 Å². The first kappa shape index (κ1) is 33.0. The van der Waals surface area contributed by atoms with E-state index in [9.17, 15) is 4.79 Å². The molecule has 6 heteroatoms. The highest BCUT2D eigenvalue weighted by atomic mass is 16.5. The molecule has 2 heterocycles. The van der Waals surface area contributed by atoms with E-state index in [1.165, 1.54) is 89.0 Å². The first-order valence-electron chi connectivity index (χ1n) is 16.7. The van der Waals surface area contributed by atoms with Crippen LogP contribution in [0.25, 0.3) is 22.8 Å². The lowest BCUT2D eigenvalue weighted by Gasteiger charge is -2.07. The van der Waals surface area contributed by atoms with Crippen LogP contribution in [0.3, 0.4) is 0 Å². The standard InChI is InChI=1S/C38H48N4O2/c1-3-5-7-9-11-13-15-17-31-28-41-37(42-29-31)33-22-24-35(25-23-33)44-38(43)34-20-18-32(19-21-34)36-39-26-30(27-40-36)16-14-12-10-8-6-4-2/h18-29H,3-17H2,1-2H3. The summed E-state index contributed by atoms with van der Waals surface area (Å²) in [5.41, 5.74) is 4.56. The molecule has 0 radical (unpaired) electrons. The summed E-state index contributed by atoms with van der Waals surface area (Å²) in [6, 6.07) is 14.5. The van der Waals surface area contributed by atoms with Crippen molar-refractivity contribution >= 4 is 5.97 Å². The molecule has 0 aliphatic carbocycles. The third kappa shape index (κ3) is 11.0. The van der Waals surface area contributed by atoms with Gasteiger partial charge in [0.25, 0.3) is 0 Å². The van der Waals surface area contributed by atoms with Crippen molar-refractivity contribution in [1.29, 1.82) is 0 Å². The van der Waals surface area contributed by atoms with Crippen molar-refractivity contribution in [2.24, 2.45) is 0 Å². The molecular weight excluding hydrogens is 544 g/mol. The Kier molecular flexibility index (Phi) is 14.0. The number of hydrogen-bond acceptors (Lipinski definition) is 6. The first-order valence-corrected chi connectivity index (χ1v) is 16.7. The normalized spacial score (nSPS) is 11.0. The maximum atomic E-state index is 12.8. The molecule has 0 aliphatic rings. The van der Waals surface area contributed by atoms with Crippen molar-refractivity contribution in [3.8, 4) is 28.5 Å². The van der Waals surface area contributed by atoms with Gasteiger partial charge in [-0.05, 0) is 73.2 Å². The van der Waals surface area contributed by atoms with Gasteiger partial charge in [-0.1, -0.05) is 96.6 Å². The van der Waals surface area contributed by atoms with Crippen LogP contribution >= 0.6 is 0 Å². The van der Waals surface area contributed by atoms with Crippen LogP contribution in [0, 0.1) is 0 Å². The van der Waals surface area contributed by atoms with Crippen LogP contribution in [0.4, 0.5) is 0 Å². The van der Waals surface area contributed by atoms with Gasteiger partial charge in [0.1, 0.15) is 5.75 Å². The molecule has 6 nitrogen and oxygen atoms in total. The summed E-state index contributed by atoms with van der Waals surface area (Å²) >= 11 is 0. The third-order valence-corrected chi connectivity index (χ3v) is 8.00. The monoisotopic (exact) mass is 592 g/mol. The third-order valence-electron chi connectivity index (χ3n) is 8.00. The number of esters is 1. The van der Waals surface area contributed by atoms with Crippen molar-refractivity contribution in [1.82, 2.24) is 19.9 Å². The summed E-state index contributed by atoms with van der Waals surface area (Å²) in [5.74, 6) is 1.38. The Labute approximate surface area is 263 Å². The maximum absolute atomic E-state index is 12.8. The molecule has 4 aromatic rings. The highest BCUT2D eigenvalue weighted by Gasteiger charge is 2.11. The molecule has 0 saturated carbocycles. The van der Waals surface area contributed by atoms with Gasteiger partial charge in [-0.15, -0.1) is 0 Å². The van der Waals surface area contributed by atoms with Gasteiger partial charge in [-0.25, -0.2) is 24.7 Å². The van der Waals surface area contributed by atoms with Crippen LogP contribution in [0.15, 0.2) is 73.3 Å². The quantitative estimate of drug-likeness (QED) is 0.0612. The van der Waals surface area contributed by atoms with Crippen LogP contribution in [-0.4, -0.2) is 25.9 Å². The molecule has 0 aliphatic heterocycles. The summed E-state index contributed by atoms with van der Waals surface area (Å²) in [7, 11) is 0. The number of benzene rings is 2. The zero-order valence-electron chi connectivity index (χ0n) is 26.6. The van der Waals surface area contributed by atoms with Crippen molar-refractivity contribution < 1.29 is 9.53 Å². The van der Waals surface area contributed by atoms with Gasteiger partial charge >= 0.3 is 5.97 Å². The summed E-state index contributed by atoms with van der Waals surface area (Å²) in [5, 5.41) is 0. The number of hydrogen-bond donors (Lipinski definition) is 0. The van der Waals surface area contributed by atoms with Gasteiger partial charge in [0.15, 0.2) is 11.6 Å². The second-order valence-corrected chi connectivity index (χ2v) is 11.7. The number of aromatic nitrogens is 4. The molecule has 0 amide bonds. The van der Waals surface area contributed by atoms with Gasteiger partial charge in [0.2, 0.25) is 0 Å². The Bertz CT molecular complexity index is 1370. The van der Waals surface area contributed by atoms with Crippen LogP contribution in [-0.2, 0) is 12.8 Å². The summed E-state index contributed by atoms with van der Waals surface area (Å²) in [6.07, 6.45) is 26.4. The molecule has 0 saturated heterocycles. The topological polar surface area (TPSA) is 77.9 Å². The van der Waals surface area contributed by atoms with E-state index in [4.69, 9.17) is 4.74 Å². The summed E-state index contributed by atoms with van der Waals surface area (Å²) < 4.78 is 5.61. The predicted octanol–water partition coefficient (Wildman–Crippen LogP) is 10.0. The lowest BCUT2D eigenvalue weighted by molar-refractivity contribution is 0.0735. The lowest BCUT2D eigenvalue weighted by Crippen LogP contribution is -2.08. The number of carbonyl (C=O) groups is 1. The Morgan fingerprint density at radius 3 is 1.34 bits per heavy atom. The van der Waals surface area contributed by atoms with E-state index in [0.29, 0.717) is 23.0 Å². The second kappa shape index (κ2) is 18.7. The van der Waals surface area contributed by atoms with Gasteiger partial charge in [-0.3, -0.25) is 0 Å². The smallest absolute Gasteiger partial charge is 0.343 e. The largest absolute Gasteiger partial charge is 0.423 e. The molecule has 0 spiro atoms. The highest BCUT2D eigenvalue weighted by molar-refractivity contribution is 5.91. The fraction of sp³-hybridized carbons (Fsp3) is 0.447. The van der Waals surface area contributed by atoms with E-state index in [0.717, 1.165) is 29.5 Å². The number of unbranched alkanes of at least 4 members (excludes halogenated alkanes) is 11. The Hall–Kier alpha value is -3.93. The highest BCUT2D eigenvalue weighted by Crippen LogP contribution is 2.22. The summed E-state index contributed by atoms with van der Waals surface area (Å²) in [4.78, 5) is 31.0. The molecule has 0 N–H and O–H groups in total. The second-order valence-electron chi connectivity index (χ2n) is 11.7. The van der Waals surface area contributed by atoms with Gasteiger partial charge in [0, 0.05) is 35.9 Å². The van der Waals surface area contributed by atoms with E-state index in [2.05, 4.69) is 33.8 Å². The molecule has 4 rings (SSSR count). The van der Waals surface area contributed by atoms with E-state index < -0.39 is 5.97 Å². The Morgan fingerprint density at radius 1 is 0.523 bits per heavy atom. The Morgan fingerprint density at radius 2 is 0.909 bits per heavy atom. The average molecular weight is 593 g/mol.